The molecular weight excluding hydrogens is 338 g/mol. The lowest BCUT2D eigenvalue weighted by Gasteiger charge is -2.11. The van der Waals surface area contributed by atoms with E-state index in [0.717, 1.165) is 12.8 Å². The SMILES string of the molecule is C=CCn1c(=O)c2cnc(SC)nc2n1-c1cccc(OC2CC2)n1. The highest BCUT2D eigenvalue weighted by molar-refractivity contribution is 7.98. The molecule has 3 aromatic heterocycles. The summed E-state index contributed by atoms with van der Waals surface area (Å²) < 4.78 is 9.05. The molecule has 0 spiro atoms. The fourth-order valence-corrected chi connectivity index (χ4v) is 2.91. The molecule has 1 fully saturated rings. The molecule has 128 valence electrons. The molecule has 0 N–H and O–H groups in total. The number of hydrogen-bond donors (Lipinski definition) is 0. The Kier molecular flexibility index (Phi) is 4.04. The van der Waals surface area contributed by atoms with E-state index in [2.05, 4.69) is 21.5 Å². The minimum absolute atomic E-state index is 0.169. The molecule has 3 heterocycles. The molecule has 3 aromatic rings. The Labute approximate surface area is 148 Å². The van der Waals surface area contributed by atoms with Gasteiger partial charge in [0.25, 0.3) is 5.56 Å². The number of fused-ring (bicyclic) bond motifs is 1. The first-order valence-electron chi connectivity index (χ1n) is 7.99. The Balaban J connectivity index is 1.93. The van der Waals surface area contributed by atoms with E-state index in [9.17, 15) is 4.79 Å². The first kappa shape index (κ1) is 15.9. The molecule has 8 heteroatoms. The van der Waals surface area contributed by atoms with Crippen molar-refractivity contribution >= 4 is 22.8 Å². The van der Waals surface area contributed by atoms with Gasteiger partial charge >= 0.3 is 0 Å². The van der Waals surface area contributed by atoms with Crippen LogP contribution < -0.4 is 10.3 Å². The van der Waals surface area contributed by atoms with Crippen LogP contribution in [-0.4, -0.2) is 36.7 Å². The van der Waals surface area contributed by atoms with Gasteiger partial charge < -0.3 is 4.74 Å². The molecule has 1 aliphatic rings. The third kappa shape index (κ3) is 2.93. The lowest BCUT2D eigenvalue weighted by molar-refractivity contribution is 0.290. The summed E-state index contributed by atoms with van der Waals surface area (Å²) in [7, 11) is 0. The van der Waals surface area contributed by atoms with Gasteiger partial charge in [0.05, 0.1) is 6.54 Å². The van der Waals surface area contributed by atoms with Crippen molar-refractivity contribution in [2.75, 3.05) is 6.26 Å². The summed E-state index contributed by atoms with van der Waals surface area (Å²) in [5.41, 5.74) is 0.361. The molecule has 25 heavy (non-hydrogen) atoms. The van der Waals surface area contributed by atoms with E-state index >= 15 is 0 Å². The van der Waals surface area contributed by atoms with E-state index < -0.39 is 0 Å². The van der Waals surface area contributed by atoms with Crippen molar-refractivity contribution in [2.45, 2.75) is 30.6 Å². The molecule has 1 saturated carbocycles. The fraction of sp³-hybridized carbons (Fsp3) is 0.294. The lowest BCUT2D eigenvalue weighted by Crippen LogP contribution is -2.22. The van der Waals surface area contributed by atoms with Crippen molar-refractivity contribution < 1.29 is 4.74 Å². The van der Waals surface area contributed by atoms with Gasteiger partial charge in [-0.2, -0.15) is 4.98 Å². The van der Waals surface area contributed by atoms with E-state index in [1.807, 2.05) is 24.5 Å². The Morgan fingerprint density at radius 2 is 2.24 bits per heavy atom. The predicted molar refractivity (Wildman–Crippen MR) is 96.5 cm³/mol. The van der Waals surface area contributed by atoms with E-state index in [4.69, 9.17) is 4.74 Å². The molecule has 0 amide bonds. The molecule has 7 nitrogen and oxygen atoms in total. The fourth-order valence-electron chi connectivity index (χ4n) is 2.58. The second-order valence-electron chi connectivity index (χ2n) is 5.73. The highest BCUT2D eigenvalue weighted by atomic mass is 32.2. The number of pyridine rings is 1. The normalized spacial score (nSPS) is 14.0. The molecule has 0 unspecified atom stereocenters. The smallest absolute Gasteiger partial charge is 0.278 e. The third-order valence-electron chi connectivity index (χ3n) is 3.88. The van der Waals surface area contributed by atoms with Crippen molar-refractivity contribution in [2.24, 2.45) is 0 Å². The Morgan fingerprint density at radius 3 is 2.96 bits per heavy atom. The van der Waals surface area contributed by atoms with Crippen molar-refractivity contribution in [3.05, 3.63) is 47.4 Å². The number of rotatable bonds is 6. The number of nitrogens with zero attached hydrogens (tertiary/aromatic N) is 5. The minimum atomic E-state index is -0.169. The average Bonchev–Trinajstić information content (AvgIpc) is 3.40. The molecule has 0 atom stereocenters. The molecule has 0 saturated heterocycles. The average molecular weight is 355 g/mol. The number of ether oxygens (including phenoxy) is 1. The highest BCUT2D eigenvalue weighted by Crippen LogP contribution is 2.26. The van der Waals surface area contributed by atoms with Crippen LogP contribution in [0.2, 0.25) is 0 Å². The topological polar surface area (TPSA) is 74.8 Å². The standard InChI is InChI=1S/C17H17N5O2S/c1-3-9-21-16(23)12-10-18-17(25-2)20-15(12)22(21)13-5-4-6-14(19-13)24-11-7-8-11/h3-6,10-11H,1,7-9H2,2H3. The first-order chi connectivity index (χ1) is 12.2. The van der Waals surface area contributed by atoms with Gasteiger partial charge in [-0.25, -0.2) is 19.3 Å². The zero-order valence-corrected chi connectivity index (χ0v) is 14.6. The number of hydrogen-bond acceptors (Lipinski definition) is 6. The Bertz CT molecular complexity index is 1010. The second kappa shape index (κ2) is 6.36. The van der Waals surface area contributed by atoms with Gasteiger partial charge in [0, 0.05) is 12.3 Å². The maximum atomic E-state index is 12.7. The van der Waals surface area contributed by atoms with Gasteiger partial charge in [-0.1, -0.05) is 23.9 Å². The molecule has 4 rings (SSSR count). The Morgan fingerprint density at radius 1 is 1.40 bits per heavy atom. The number of thioether (sulfide) groups is 1. The van der Waals surface area contributed by atoms with Crippen molar-refractivity contribution in [1.82, 2.24) is 24.3 Å². The zero-order valence-electron chi connectivity index (χ0n) is 13.8. The molecule has 1 aliphatic carbocycles. The highest BCUT2D eigenvalue weighted by Gasteiger charge is 2.24. The molecule has 0 radical (unpaired) electrons. The van der Waals surface area contributed by atoms with Gasteiger partial charge in [0.2, 0.25) is 5.88 Å². The quantitative estimate of drug-likeness (QED) is 0.384. The Hall–Kier alpha value is -2.61. The van der Waals surface area contributed by atoms with Crippen LogP contribution in [0.3, 0.4) is 0 Å². The van der Waals surface area contributed by atoms with E-state index in [-0.39, 0.29) is 11.7 Å². The summed E-state index contributed by atoms with van der Waals surface area (Å²) in [6.07, 6.45) is 7.51. The number of aromatic nitrogens is 5. The van der Waals surface area contributed by atoms with Crippen LogP contribution in [0.1, 0.15) is 12.8 Å². The van der Waals surface area contributed by atoms with Gasteiger partial charge in [-0.05, 0) is 25.2 Å². The lowest BCUT2D eigenvalue weighted by atomic mass is 10.4. The van der Waals surface area contributed by atoms with Crippen LogP contribution in [0.5, 0.6) is 5.88 Å². The molecule has 0 bridgehead atoms. The van der Waals surface area contributed by atoms with E-state index in [1.165, 1.54) is 11.8 Å². The summed E-state index contributed by atoms with van der Waals surface area (Å²) in [6.45, 7) is 4.09. The predicted octanol–water partition coefficient (Wildman–Crippen LogP) is 2.43. The summed E-state index contributed by atoms with van der Waals surface area (Å²) in [4.78, 5) is 26.0. The van der Waals surface area contributed by atoms with Crippen molar-refractivity contribution in [1.29, 1.82) is 0 Å². The zero-order chi connectivity index (χ0) is 17.4. The van der Waals surface area contributed by atoms with E-state index in [1.54, 1.807) is 21.6 Å². The summed E-state index contributed by atoms with van der Waals surface area (Å²) >= 11 is 1.42. The maximum Gasteiger partial charge on any atom is 0.278 e. The van der Waals surface area contributed by atoms with Crippen LogP contribution >= 0.6 is 11.8 Å². The van der Waals surface area contributed by atoms with Crippen molar-refractivity contribution in [3.8, 4) is 11.7 Å². The summed E-state index contributed by atoms with van der Waals surface area (Å²) in [5, 5.41) is 1.05. The molecule has 0 aromatic carbocycles. The van der Waals surface area contributed by atoms with Gasteiger partial charge in [-0.3, -0.25) is 4.79 Å². The van der Waals surface area contributed by atoms with Crippen LogP contribution in [0, 0.1) is 0 Å². The summed E-state index contributed by atoms with van der Waals surface area (Å²) in [5.74, 6) is 1.14. The minimum Gasteiger partial charge on any atom is -0.474 e. The maximum absolute atomic E-state index is 12.7. The van der Waals surface area contributed by atoms with Gasteiger partial charge in [-0.15, -0.1) is 6.58 Å². The van der Waals surface area contributed by atoms with Gasteiger partial charge in [0.1, 0.15) is 11.5 Å². The molecular formula is C17H17N5O2S. The van der Waals surface area contributed by atoms with Crippen LogP contribution in [-0.2, 0) is 6.54 Å². The third-order valence-corrected chi connectivity index (χ3v) is 4.44. The monoisotopic (exact) mass is 355 g/mol. The second-order valence-corrected chi connectivity index (χ2v) is 6.51. The van der Waals surface area contributed by atoms with Crippen LogP contribution in [0.25, 0.3) is 16.9 Å². The van der Waals surface area contributed by atoms with Crippen LogP contribution in [0.4, 0.5) is 0 Å². The first-order valence-corrected chi connectivity index (χ1v) is 9.21. The molecule has 0 aliphatic heterocycles. The largest absolute Gasteiger partial charge is 0.474 e. The number of allylic oxidation sites excluding steroid dienone is 1. The van der Waals surface area contributed by atoms with Crippen molar-refractivity contribution in [3.63, 3.8) is 0 Å². The van der Waals surface area contributed by atoms with E-state index in [0.29, 0.717) is 34.4 Å². The summed E-state index contributed by atoms with van der Waals surface area (Å²) in [6, 6.07) is 5.52. The van der Waals surface area contributed by atoms with Crippen LogP contribution in [0.15, 0.2) is 47.0 Å². The van der Waals surface area contributed by atoms with Gasteiger partial charge in [0.15, 0.2) is 16.6 Å².